The monoisotopic (exact) mass is 280 g/mol. The first-order valence-electron chi connectivity index (χ1n) is 7.09. The molecule has 108 valence electrons. The molecule has 2 rings (SSSR count). The van der Waals surface area contributed by atoms with Crippen molar-refractivity contribution in [2.75, 3.05) is 29.0 Å². The average molecular weight is 280 g/mol. The summed E-state index contributed by atoms with van der Waals surface area (Å²) in [5.74, 6) is 0. The molecule has 0 saturated heterocycles. The van der Waals surface area contributed by atoms with Gasteiger partial charge in [0.25, 0.3) is 0 Å². The van der Waals surface area contributed by atoms with Gasteiger partial charge in [-0.1, -0.05) is 0 Å². The van der Waals surface area contributed by atoms with Gasteiger partial charge in [0, 0.05) is 30.2 Å². The third kappa shape index (κ3) is 3.46. The normalized spacial score (nSPS) is 9.95. The van der Waals surface area contributed by atoms with Gasteiger partial charge in [0.1, 0.15) is 6.07 Å². The summed E-state index contributed by atoms with van der Waals surface area (Å²) in [6.45, 7) is 6.29. The highest BCUT2D eigenvalue weighted by atomic mass is 15.1. The van der Waals surface area contributed by atoms with Gasteiger partial charge in [0.05, 0.1) is 11.3 Å². The van der Waals surface area contributed by atoms with Crippen molar-refractivity contribution >= 4 is 22.7 Å². The number of nitrogen functional groups attached to an aromatic ring is 1. The summed E-state index contributed by atoms with van der Waals surface area (Å²) in [5.41, 5.74) is 9.89. The molecule has 0 spiro atoms. The Morgan fingerprint density at radius 1 is 1.05 bits per heavy atom. The van der Waals surface area contributed by atoms with Gasteiger partial charge in [0.2, 0.25) is 0 Å². The summed E-state index contributed by atoms with van der Waals surface area (Å²) in [6.07, 6.45) is 0. The van der Waals surface area contributed by atoms with E-state index in [1.807, 2.05) is 18.2 Å². The molecule has 0 unspecified atom stereocenters. The van der Waals surface area contributed by atoms with Crippen LogP contribution >= 0.6 is 0 Å². The predicted octanol–water partition coefficient (Wildman–Crippen LogP) is 3.73. The molecule has 0 saturated carbocycles. The topological polar surface area (TPSA) is 65.1 Å². The van der Waals surface area contributed by atoms with E-state index in [1.165, 1.54) is 5.69 Å². The van der Waals surface area contributed by atoms with E-state index >= 15 is 0 Å². The number of hydrogen-bond acceptors (Lipinski definition) is 4. The first-order valence-corrected chi connectivity index (χ1v) is 7.09. The van der Waals surface area contributed by atoms with E-state index in [4.69, 9.17) is 11.0 Å². The van der Waals surface area contributed by atoms with E-state index in [-0.39, 0.29) is 0 Å². The highest BCUT2D eigenvalue weighted by Crippen LogP contribution is 2.23. The summed E-state index contributed by atoms with van der Waals surface area (Å²) in [4.78, 5) is 2.30. The van der Waals surface area contributed by atoms with Crippen molar-refractivity contribution in [3.05, 3.63) is 48.0 Å². The van der Waals surface area contributed by atoms with Crippen molar-refractivity contribution in [3.8, 4) is 6.07 Å². The van der Waals surface area contributed by atoms with Crippen LogP contribution in [-0.4, -0.2) is 13.1 Å². The molecule has 0 fully saturated rings. The van der Waals surface area contributed by atoms with Crippen molar-refractivity contribution in [3.63, 3.8) is 0 Å². The third-order valence-electron chi connectivity index (χ3n) is 3.46. The number of nitrogens with two attached hydrogens (primary N) is 1. The number of nitrogens with zero attached hydrogens (tertiary/aromatic N) is 2. The van der Waals surface area contributed by atoms with Crippen molar-refractivity contribution in [2.24, 2.45) is 0 Å². The lowest BCUT2D eigenvalue weighted by atomic mass is 10.1. The summed E-state index contributed by atoms with van der Waals surface area (Å²) in [5, 5.41) is 12.2. The summed E-state index contributed by atoms with van der Waals surface area (Å²) >= 11 is 0. The standard InChI is InChI=1S/C17H20N4/c1-3-21(4-2)16-9-7-14(8-10-16)20-15-6-5-13(12-18)17(19)11-15/h5-11,20H,3-4,19H2,1-2H3. The molecule has 0 aliphatic carbocycles. The van der Waals surface area contributed by atoms with E-state index in [0.717, 1.165) is 24.5 Å². The first kappa shape index (κ1) is 14.7. The Kier molecular flexibility index (Phi) is 4.68. The number of benzene rings is 2. The maximum absolute atomic E-state index is 8.87. The van der Waals surface area contributed by atoms with Crippen LogP contribution < -0.4 is 16.0 Å². The van der Waals surface area contributed by atoms with Gasteiger partial charge in [-0.2, -0.15) is 5.26 Å². The molecule has 0 aliphatic rings. The van der Waals surface area contributed by atoms with E-state index in [1.54, 1.807) is 12.1 Å². The Labute approximate surface area is 125 Å². The summed E-state index contributed by atoms with van der Waals surface area (Å²) in [7, 11) is 0. The second-order valence-electron chi connectivity index (χ2n) is 4.76. The highest BCUT2D eigenvalue weighted by molar-refractivity contribution is 5.68. The fourth-order valence-corrected chi connectivity index (χ4v) is 2.25. The van der Waals surface area contributed by atoms with Crippen LogP contribution in [0.4, 0.5) is 22.7 Å². The molecule has 2 aromatic rings. The number of rotatable bonds is 5. The van der Waals surface area contributed by atoms with Crippen molar-refractivity contribution in [1.29, 1.82) is 5.26 Å². The number of anilines is 4. The third-order valence-corrected chi connectivity index (χ3v) is 3.46. The fraction of sp³-hybridized carbons (Fsp3) is 0.235. The highest BCUT2D eigenvalue weighted by Gasteiger charge is 2.03. The molecular formula is C17H20N4. The Bertz CT molecular complexity index is 637. The van der Waals surface area contributed by atoms with Crippen molar-refractivity contribution in [2.45, 2.75) is 13.8 Å². The Morgan fingerprint density at radius 3 is 2.19 bits per heavy atom. The van der Waals surface area contributed by atoms with Gasteiger partial charge in [-0.25, -0.2) is 0 Å². The maximum Gasteiger partial charge on any atom is 0.101 e. The second kappa shape index (κ2) is 6.67. The molecule has 0 heterocycles. The van der Waals surface area contributed by atoms with Crippen LogP contribution in [0.1, 0.15) is 19.4 Å². The zero-order chi connectivity index (χ0) is 15.2. The fourth-order valence-electron chi connectivity index (χ4n) is 2.25. The lowest BCUT2D eigenvalue weighted by Gasteiger charge is -2.21. The van der Waals surface area contributed by atoms with E-state index in [0.29, 0.717) is 11.3 Å². The summed E-state index contributed by atoms with van der Waals surface area (Å²) < 4.78 is 0. The first-order chi connectivity index (χ1) is 10.2. The van der Waals surface area contributed by atoms with Gasteiger partial charge in [-0.15, -0.1) is 0 Å². The molecule has 2 aromatic carbocycles. The van der Waals surface area contributed by atoms with Crippen molar-refractivity contribution < 1.29 is 0 Å². The smallest absolute Gasteiger partial charge is 0.101 e. The minimum Gasteiger partial charge on any atom is -0.398 e. The number of nitriles is 1. The number of nitrogens with one attached hydrogen (secondary N) is 1. The van der Waals surface area contributed by atoms with Crippen LogP contribution in [0.5, 0.6) is 0 Å². The maximum atomic E-state index is 8.87. The largest absolute Gasteiger partial charge is 0.398 e. The molecule has 0 radical (unpaired) electrons. The second-order valence-corrected chi connectivity index (χ2v) is 4.76. The van der Waals surface area contributed by atoms with Crippen molar-refractivity contribution in [1.82, 2.24) is 0 Å². The molecule has 4 nitrogen and oxygen atoms in total. The van der Waals surface area contributed by atoms with Crippen LogP contribution in [-0.2, 0) is 0 Å². The minimum absolute atomic E-state index is 0.488. The SMILES string of the molecule is CCN(CC)c1ccc(Nc2ccc(C#N)c(N)c2)cc1. The Balaban J connectivity index is 2.13. The van der Waals surface area contributed by atoms with Crippen LogP contribution in [0.15, 0.2) is 42.5 Å². The van der Waals surface area contributed by atoms with E-state index in [9.17, 15) is 0 Å². The molecule has 0 amide bonds. The van der Waals surface area contributed by atoms with Crippen LogP contribution in [0.3, 0.4) is 0 Å². The lowest BCUT2D eigenvalue weighted by molar-refractivity contribution is 0.866. The van der Waals surface area contributed by atoms with E-state index < -0.39 is 0 Å². The van der Waals surface area contributed by atoms with Gasteiger partial charge in [-0.3, -0.25) is 0 Å². The van der Waals surface area contributed by atoms with E-state index in [2.05, 4.69) is 42.3 Å². The van der Waals surface area contributed by atoms with Crippen LogP contribution in [0.2, 0.25) is 0 Å². The minimum atomic E-state index is 0.488. The Hall–Kier alpha value is -2.67. The van der Waals surface area contributed by atoms with Gasteiger partial charge in [0.15, 0.2) is 0 Å². The molecule has 0 atom stereocenters. The molecule has 4 heteroatoms. The molecule has 0 bridgehead atoms. The molecule has 3 N–H and O–H groups in total. The average Bonchev–Trinajstić information content (AvgIpc) is 2.50. The predicted molar refractivity (Wildman–Crippen MR) is 88.9 cm³/mol. The van der Waals surface area contributed by atoms with Crippen LogP contribution in [0, 0.1) is 11.3 Å². The van der Waals surface area contributed by atoms with Gasteiger partial charge in [-0.05, 0) is 56.3 Å². The molecule has 21 heavy (non-hydrogen) atoms. The molecule has 0 aromatic heterocycles. The van der Waals surface area contributed by atoms with Crippen LogP contribution in [0.25, 0.3) is 0 Å². The van der Waals surface area contributed by atoms with Gasteiger partial charge >= 0.3 is 0 Å². The van der Waals surface area contributed by atoms with Gasteiger partial charge < -0.3 is 16.0 Å². The zero-order valence-electron chi connectivity index (χ0n) is 12.4. The molecular weight excluding hydrogens is 260 g/mol. The Morgan fingerprint density at radius 2 is 1.67 bits per heavy atom. The lowest BCUT2D eigenvalue weighted by Crippen LogP contribution is -2.21. The zero-order valence-corrected chi connectivity index (χ0v) is 12.4. The summed E-state index contributed by atoms with van der Waals surface area (Å²) in [6, 6.07) is 15.7. The number of hydrogen-bond donors (Lipinski definition) is 2. The quantitative estimate of drug-likeness (QED) is 0.819. The molecule has 0 aliphatic heterocycles.